The lowest BCUT2D eigenvalue weighted by molar-refractivity contribution is 0.0973. The molecule has 6 rings (SSSR count). The van der Waals surface area contributed by atoms with Crippen molar-refractivity contribution >= 4 is 23.4 Å². The van der Waals surface area contributed by atoms with Gasteiger partial charge in [-0.05, 0) is 52.0 Å². The Kier molecular flexibility index (Phi) is 6.06. The molecule has 0 aromatic carbocycles. The van der Waals surface area contributed by atoms with Crippen LogP contribution in [0.3, 0.4) is 0 Å². The van der Waals surface area contributed by atoms with Gasteiger partial charge in [0.05, 0.1) is 35.4 Å². The summed E-state index contributed by atoms with van der Waals surface area (Å²) in [7, 11) is 2.12. The Bertz CT molecular complexity index is 1150. The van der Waals surface area contributed by atoms with Crippen molar-refractivity contribution in [2.24, 2.45) is 11.1 Å². The molecular weight excluding hydrogens is 476 g/mol. The molecule has 9 nitrogen and oxygen atoms in total. The minimum absolute atomic E-state index is 0.0409. The molecule has 0 unspecified atom stereocenters. The third-order valence-corrected chi connectivity index (χ3v) is 10.1. The number of fused-ring (bicyclic) bond motifs is 1. The number of aromatic nitrogens is 3. The standard InChI is InChI=1S/C26H36N6O3S/c1-16-24(36-19-5-10-28-23-20(19)35-15-26(31(23)3)6-4-7-26)30-18(13-33)22(29-16)32-11-8-25(9-12-32)14-34-17(2)21(25)27/h5,10,17,21,33H,4,6-9,11-15,27H2,1-3H3/t17-,21+/m0/s1. The number of likely N-dealkylation sites (N-methyl/N-ethyl adjacent to an activating group) is 1. The first-order valence-electron chi connectivity index (χ1n) is 13.0. The summed E-state index contributed by atoms with van der Waals surface area (Å²) < 4.78 is 12.2. The molecule has 3 N–H and O–H groups in total. The minimum Gasteiger partial charge on any atom is -0.486 e. The molecule has 194 valence electrons. The number of ether oxygens (including phenoxy) is 2. The number of piperidine rings is 1. The maximum absolute atomic E-state index is 10.2. The third kappa shape index (κ3) is 3.76. The van der Waals surface area contributed by atoms with Gasteiger partial charge in [0, 0.05) is 37.8 Å². The van der Waals surface area contributed by atoms with Crippen molar-refractivity contribution in [2.45, 2.75) is 80.2 Å². The maximum atomic E-state index is 10.2. The van der Waals surface area contributed by atoms with E-state index in [1.165, 1.54) is 18.2 Å². The molecule has 36 heavy (non-hydrogen) atoms. The molecule has 5 heterocycles. The number of rotatable bonds is 4. The normalized spacial score (nSPS) is 26.1. The van der Waals surface area contributed by atoms with Crippen LogP contribution in [0.5, 0.6) is 5.75 Å². The number of hydrogen-bond acceptors (Lipinski definition) is 10. The molecule has 2 aromatic heterocycles. The van der Waals surface area contributed by atoms with E-state index in [-0.39, 0.29) is 29.7 Å². The quantitative estimate of drug-likeness (QED) is 0.634. The van der Waals surface area contributed by atoms with E-state index in [1.54, 1.807) is 0 Å². The molecular formula is C26H36N6O3S. The molecule has 3 fully saturated rings. The van der Waals surface area contributed by atoms with Gasteiger partial charge in [0.2, 0.25) is 0 Å². The zero-order valence-electron chi connectivity index (χ0n) is 21.4. The average Bonchev–Trinajstić information content (AvgIpc) is 3.13. The van der Waals surface area contributed by atoms with E-state index in [1.807, 2.05) is 19.2 Å². The van der Waals surface area contributed by atoms with Crippen molar-refractivity contribution in [3.05, 3.63) is 23.7 Å². The zero-order chi connectivity index (χ0) is 25.1. The first-order valence-corrected chi connectivity index (χ1v) is 13.8. The molecule has 0 bridgehead atoms. The molecule has 2 spiro atoms. The first kappa shape index (κ1) is 24.2. The summed E-state index contributed by atoms with van der Waals surface area (Å²) in [5.74, 6) is 2.47. The summed E-state index contributed by atoms with van der Waals surface area (Å²) >= 11 is 1.53. The van der Waals surface area contributed by atoms with Crippen molar-refractivity contribution in [3.63, 3.8) is 0 Å². The van der Waals surface area contributed by atoms with Gasteiger partial charge >= 0.3 is 0 Å². The Morgan fingerprint density at radius 1 is 1.17 bits per heavy atom. The van der Waals surface area contributed by atoms with Crippen LogP contribution < -0.4 is 20.3 Å². The van der Waals surface area contributed by atoms with E-state index in [9.17, 15) is 5.11 Å². The van der Waals surface area contributed by atoms with Gasteiger partial charge < -0.3 is 30.1 Å². The van der Waals surface area contributed by atoms with Crippen LogP contribution in [0.2, 0.25) is 0 Å². The van der Waals surface area contributed by atoms with E-state index >= 15 is 0 Å². The Balaban J connectivity index is 1.23. The van der Waals surface area contributed by atoms with Gasteiger partial charge in [0.1, 0.15) is 17.3 Å². The fraction of sp³-hybridized carbons (Fsp3) is 0.654. The highest BCUT2D eigenvalue weighted by Crippen LogP contribution is 2.49. The van der Waals surface area contributed by atoms with Crippen LogP contribution in [0.1, 0.15) is 50.4 Å². The molecule has 1 aliphatic carbocycles. The second-order valence-corrected chi connectivity index (χ2v) is 12.0. The molecule has 1 saturated carbocycles. The van der Waals surface area contributed by atoms with Crippen molar-refractivity contribution in [1.82, 2.24) is 15.0 Å². The van der Waals surface area contributed by atoms with Crippen molar-refractivity contribution in [1.29, 1.82) is 0 Å². The van der Waals surface area contributed by atoms with Crippen LogP contribution in [0.15, 0.2) is 22.2 Å². The highest BCUT2D eigenvalue weighted by atomic mass is 32.2. The van der Waals surface area contributed by atoms with E-state index in [0.29, 0.717) is 12.3 Å². The second kappa shape index (κ2) is 9.01. The van der Waals surface area contributed by atoms with Crippen LogP contribution in [-0.4, -0.2) is 71.1 Å². The van der Waals surface area contributed by atoms with Gasteiger partial charge in [0.25, 0.3) is 0 Å². The fourth-order valence-electron chi connectivity index (χ4n) is 6.19. The Labute approximate surface area is 216 Å². The zero-order valence-corrected chi connectivity index (χ0v) is 22.2. The van der Waals surface area contributed by atoms with E-state index in [4.69, 9.17) is 25.2 Å². The molecule has 0 amide bonds. The van der Waals surface area contributed by atoms with Gasteiger partial charge in [-0.1, -0.05) is 11.8 Å². The molecule has 2 saturated heterocycles. The van der Waals surface area contributed by atoms with Gasteiger partial charge in [0.15, 0.2) is 17.4 Å². The third-order valence-electron chi connectivity index (χ3n) is 8.99. The SMILES string of the molecule is Cc1nc(N2CCC3(CC2)CO[C@@H](C)[C@H]3N)c(CO)nc1Sc1ccnc2c1OCC1(CCC1)N2C. The molecule has 2 aromatic rings. The summed E-state index contributed by atoms with van der Waals surface area (Å²) in [5.41, 5.74) is 8.07. The smallest absolute Gasteiger partial charge is 0.175 e. The molecule has 10 heteroatoms. The number of anilines is 2. The summed E-state index contributed by atoms with van der Waals surface area (Å²) in [6.45, 7) is 6.96. The lowest BCUT2D eigenvalue weighted by Crippen LogP contribution is -2.58. The Morgan fingerprint density at radius 2 is 1.94 bits per heavy atom. The summed E-state index contributed by atoms with van der Waals surface area (Å²) in [6.07, 6.45) is 7.37. The number of nitrogens with zero attached hydrogens (tertiary/aromatic N) is 5. The maximum Gasteiger partial charge on any atom is 0.175 e. The summed E-state index contributed by atoms with van der Waals surface area (Å²) in [5, 5.41) is 11.0. The number of aliphatic hydroxyl groups excluding tert-OH is 1. The Morgan fingerprint density at radius 3 is 2.58 bits per heavy atom. The topological polar surface area (TPSA) is 110 Å². The van der Waals surface area contributed by atoms with Gasteiger partial charge in [-0.15, -0.1) is 0 Å². The van der Waals surface area contributed by atoms with Crippen LogP contribution in [0.4, 0.5) is 11.6 Å². The monoisotopic (exact) mass is 512 g/mol. The molecule has 0 radical (unpaired) electrons. The number of aliphatic hydroxyl groups is 1. The second-order valence-electron chi connectivity index (χ2n) is 10.9. The van der Waals surface area contributed by atoms with Gasteiger partial charge in [-0.2, -0.15) is 0 Å². The average molecular weight is 513 g/mol. The number of pyridine rings is 1. The van der Waals surface area contributed by atoms with Crippen molar-refractivity contribution in [3.8, 4) is 5.75 Å². The van der Waals surface area contributed by atoms with Gasteiger partial charge in [-0.3, -0.25) is 0 Å². The largest absolute Gasteiger partial charge is 0.486 e. The predicted molar refractivity (Wildman–Crippen MR) is 139 cm³/mol. The van der Waals surface area contributed by atoms with Crippen LogP contribution in [-0.2, 0) is 11.3 Å². The lowest BCUT2D eigenvalue weighted by Gasteiger charge is -2.51. The van der Waals surface area contributed by atoms with Crippen LogP contribution >= 0.6 is 11.8 Å². The van der Waals surface area contributed by atoms with E-state index < -0.39 is 0 Å². The number of nitrogens with two attached hydrogens (primary N) is 1. The van der Waals surface area contributed by atoms with Crippen LogP contribution in [0, 0.1) is 12.3 Å². The summed E-state index contributed by atoms with van der Waals surface area (Å²) in [6, 6.07) is 2.04. The first-order chi connectivity index (χ1) is 17.4. The molecule has 3 aliphatic heterocycles. The predicted octanol–water partition coefficient (Wildman–Crippen LogP) is 2.91. The van der Waals surface area contributed by atoms with Crippen molar-refractivity contribution in [2.75, 3.05) is 43.2 Å². The number of aryl methyl sites for hydroxylation is 1. The highest BCUT2D eigenvalue weighted by Gasteiger charge is 2.48. The fourth-order valence-corrected chi connectivity index (χ4v) is 7.12. The van der Waals surface area contributed by atoms with Gasteiger partial charge in [-0.25, -0.2) is 15.0 Å². The van der Waals surface area contributed by atoms with E-state index in [2.05, 4.69) is 28.8 Å². The van der Waals surface area contributed by atoms with Crippen molar-refractivity contribution < 1.29 is 14.6 Å². The molecule has 4 aliphatic rings. The minimum atomic E-state index is -0.159. The summed E-state index contributed by atoms with van der Waals surface area (Å²) in [4.78, 5) is 20.0. The highest BCUT2D eigenvalue weighted by molar-refractivity contribution is 7.99. The molecule has 2 atom stereocenters. The Hall–Kier alpha value is -2.14. The number of hydrogen-bond donors (Lipinski definition) is 2. The van der Waals surface area contributed by atoms with Crippen LogP contribution in [0.25, 0.3) is 0 Å². The van der Waals surface area contributed by atoms with E-state index in [0.717, 1.165) is 78.4 Å². The lowest BCUT2D eigenvalue weighted by atomic mass is 9.73.